The molecule has 0 amide bonds. The van der Waals surface area contributed by atoms with Crippen LogP contribution in [0.4, 0.5) is 0 Å². The molecule has 0 radical (unpaired) electrons. The molecule has 0 saturated heterocycles. The third-order valence-corrected chi connectivity index (χ3v) is 1.44. The molecule has 2 aromatic rings. The van der Waals surface area contributed by atoms with Crippen molar-refractivity contribution in [3.63, 3.8) is 0 Å². The lowest BCUT2D eigenvalue weighted by atomic mass is 10.3. The number of hydrogen-bond donors (Lipinski definition) is 0. The maximum atomic E-state index is 5.04. The Morgan fingerprint density at radius 3 is 2.82 bits per heavy atom. The van der Waals surface area contributed by atoms with Crippen LogP contribution in [0.3, 0.4) is 0 Å². The Balaban J connectivity index is 2.45. The zero-order valence-electron chi connectivity index (χ0n) is 6.07. The van der Waals surface area contributed by atoms with E-state index in [0.717, 1.165) is 11.3 Å². The lowest BCUT2D eigenvalue weighted by Gasteiger charge is -1.81. The highest BCUT2D eigenvalue weighted by Gasteiger charge is 2.02. The second-order valence-corrected chi connectivity index (χ2v) is 2.26. The minimum Gasteiger partial charge on any atom is -0.472 e. The summed E-state index contributed by atoms with van der Waals surface area (Å²) in [6.45, 7) is 1.81. The minimum absolute atomic E-state index is 0.668. The molecule has 0 atom stereocenters. The van der Waals surface area contributed by atoms with Gasteiger partial charge in [-0.15, -0.1) is 0 Å². The van der Waals surface area contributed by atoms with Crippen molar-refractivity contribution in [2.24, 2.45) is 0 Å². The third-order valence-electron chi connectivity index (χ3n) is 1.44. The molecule has 0 aliphatic heterocycles. The van der Waals surface area contributed by atoms with Crippen molar-refractivity contribution < 1.29 is 8.83 Å². The van der Waals surface area contributed by atoms with Crippen molar-refractivity contribution in [3.8, 4) is 11.3 Å². The maximum Gasteiger partial charge on any atom is 0.191 e. The summed E-state index contributed by atoms with van der Waals surface area (Å²) < 4.78 is 9.93. The van der Waals surface area contributed by atoms with Gasteiger partial charge >= 0.3 is 0 Å². The highest BCUT2D eigenvalue weighted by Crippen LogP contribution is 2.17. The average molecular weight is 149 g/mol. The summed E-state index contributed by atoms with van der Waals surface area (Å²) in [7, 11) is 0. The molecule has 0 aromatic carbocycles. The monoisotopic (exact) mass is 149 g/mol. The van der Waals surface area contributed by atoms with E-state index in [9.17, 15) is 0 Å². The molecule has 0 N–H and O–H groups in total. The van der Waals surface area contributed by atoms with Gasteiger partial charge in [0.05, 0.1) is 12.5 Å². The van der Waals surface area contributed by atoms with Gasteiger partial charge in [-0.1, -0.05) is 0 Å². The molecule has 56 valence electrons. The number of aryl methyl sites for hydroxylation is 1. The lowest BCUT2D eigenvalue weighted by Crippen LogP contribution is -1.72. The van der Waals surface area contributed by atoms with Crippen molar-refractivity contribution in [1.82, 2.24) is 4.98 Å². The minimum atomic E-state index is 0.668. The molecule has 0 spiro atoms. The second kappa shape index (κ2) is 2.27. The first-order valence-electron chi connectivity index (χ1n) is 3.31. The van der Waals surface area contributed by atoms with Crippen LogP contribution < -0.4 is 0 Å². The van der Waals surface area contributed by atoms with E-state index in [1.807, 2.05) is 13.0 Å². The van der Waals surface area contributed by atoms with E-state index in [4.69, 9.17) is 8.83 Å². The van der Waals surface area contributed by atoms with Crippen LogP contribution >= 0.6 is 0 Å². The van der Waals surface area contributed by atoms with E-state index in [0.29, 0.717) is 5.89 Å². The maximum absolute atomic E-state index is 5.04. The van der Waals surface area contributed by atoms with Gasteiger partial charge in [-0.25, -0.2) is 4.98 Å². The molecule has 11 heavy (non-hydrogen) atoms. The Kier molecular flexibility index (Phi) is 1.28. The van der Waals surface area contributed by atoms with Crippen molar-refractivity contribution >= 4 is 0 Å². The SMILES string of the molecule is Cc1nc(-c2ccoc2)co1. The first-order chi connectivity index (χ1) is 5.36. The first-order valence-corrected chi connectivity index (χ1v) is 3.31. The van der Waals surface area contributed by atoms with E-state index in [2.05, 4.69) is 4.98 Å². The Hall–Kier alpha value is -1.51. The first kappa shape index (κ1) is 6.22. The molecule has 3 nitrogen and oxygen atoms in total. The number of furan rings is 1. The zero-order chi connectivity index (χ0) is 7.68. The highest BCUT2D eigenvalue weighted by atomic mass is 16.3. The molecule has 0 saturated carbocycles. The van der Waals surface area contributed by atoms with Gasteiger partial charge in [-0.05, 0) is 6.07 Å². The van der Waals surface area contributed by atoms with Crippen LogP contribution in [0.1, 0.15) is 5.89 Å². The van der Waals surface area contributed by atoms with E-state index in [1.54, 1.807) is 18.8 Å². The fourth-order valence-corrected chi connectivity index (χ4v) is 0.906. The fourth-order valence-electron chi connectivity index (χ4n) is 0.906. The summed E-state index contributed by atoms with van der Waals surface area (Å²) in [5.74, 6) is 0.668. The predicted molar refractivity (Wildman–Crippen MR) is 38.9 cm³/mol. The van der Waals surface area contributed by atoms with Crippen molar-refractivity contribution in [3.05, 3.63) is 30.7 Å². The van der Waals surface area contributed by atoms with E-state index in [-0.39, 0.29) is 0 Å². The summed E-state index contributed by atoms with van der Waals surface area (Å²) in [5, 5.41) is 0. The number of oxazole rings is 1. The Bertz CT molecular complexity index is 335. The normalized spacial score (nSPS) is 10.3. The van der Waals surface area contributed by atoms with Crippen molar-refractivity contribution in [2.45, 2.75) is 6.92 Å². The van der Waals surface area contributed by atoms with Gasteiger partial charge in [0.15, 0.2) is 5.89 Å². The van der Waals surface area contributed by atoms with Crippen LogP contribution in [0.2, 0.25) is 0 Å². The van der Waals surface area contributed by atoms with Crippen molar-refractivity contribution in [2.75, 3.05) is 0 Å². The molecule has 0 aliphatic rings. The van der Waals surface area contributed by atoms with Gasteiger partial charge in [0.25, 0.3) is 0 Å². The van der Waals surface area contributed by atoms with Gasteiger partial charge in [0.1, 0.15) is 12.0 Å². The third kappa shape index (κ3) is 1.05. The molecular formula is C8H7NO2. The molecule has 0 bridgehead atoms. The fraction of sp³-hybridized carbons (Fsp3) is 0.125. The summed E-state index contributed by atoms with van der Waals surface area (Å²) in [6, 6.07) is 1.84. The molecule has 0 aliphatic carbocycles. The smallest absolute Gasteiger partial charge is 0.191 e. The Labute approximate surface area is 63.7 Å². The van der Waals surface area contributed by atoms with Crippen LogP contribution in [-0.4, -0.2) is 4.98 Å². The number of rotatable bonds is 1. The number of aromatic nitrogens is 1. The average Bonchev–Trinajstić information content (AvgIpc) is 2.55. The summed E-state index contributed by atoms with van der Waals surface area (Å²) in [4.78, 5) is 4.13. The van der Waals surface area contributed by atoms with Gasteiger partial charge < -0.3 is 8.83 Å². The number of nitrogens with zero attached hydrogens (tertiary/aromatic N) is 1. The molecule has 0 fully saturated rings. The summed E-state index contributed by atoms with van der Waals surface area (Å²) in [5.41, 5.74) is 1.76. The van der Waals surface area contributed by atoms with Crippen LogP contribution in [0.25, 0.3) is 11.3 Å². The quantitative estimate of drug-likeness (QED) is 0.624. The lowest BCUT2D eigenvalue weighted by molar-refractivity contribution is 0.521. The van der Waals surface area contributed by atoms with Crippen LogP contribution in [0.5, 0.6) is 0 Å². The summed E-state index contributed by atoms with van der Waals surface area (Å²) in [6.07, 6.45) is 4.86. The van der Waals surface area contributed by atoms with Crippen LogP contribution in [-0.2, 0) is 0 Å². The molecule has 2 heterocycles. The van der Waals surface area contributed by atoms with E-state index in [1.165, 1.54) is 0 Å². The topological polar surface area (TPSA) is 39.2 Å². The van der Waals surface area contributed by atoms with Gasteiger partial charge in [0.2, 0.25) is 0 Å². The predicted octanol–water partition coefficient (Wildman–Crippen LogP) is 2.24. The Morgan fingerprint density at radius 1 is 1.36 bits per heavy atom. The number of hydrogen-bond acceptors (Lipinski definition) is 3. The van der Waals surface area contributed by atoms with Crippen LogP contribution in [0.15, 0.2) is 33.7 Å². The highest BCUT2D eigenvalue weighted by molar-refractivity contribution is 5.55. The largest absolute Gasteiger partial charge is 0.472 e. The Morgan fingerprint density at radius 2 is 2.27 bits per heavy atom. The van der Waals surface area contributed by atoms with Crippen molar-refractivity contribution in [1.29, 1.82) is 0 Å². The zero-order valence-corrected chi connectivity index (χ0v) is 6.07. The van der Waals surface area contributed by atoms with Gasteiger partial charge in [0, 0.05) is 12.5 Å². The van der Waals surface area contributed by atoms with Gasteiger partial charge in [-0.2, -0.15) is 0 Å². The molecule has 2 rings (SSSR count). The molecule has 3 heteroatoms. The standard InChI is InChI=1S/C8H7NO2/c1-6-9-8(5-11-6)7-2-3-10-4-7/h2-5H,1H3. The molecule has 0 unspecified atom stereocenters. The molecular weight excluding hydrogens is 142 g/mol. The van der Waals surface area contributed by atoms with Crippen LogP contribution in [0, 0.1) is 6.92 Å². The second-order valence-electron chi connectivity index (χ2n) is 2.26. The van der Waals surface area contributed by atoms with E-state index < -0.39 is 0 Å². The van der Waals surface area contributed by atoms with E-state index >= 15 is 0 Å². The van der Waals surface area contributed by atoms with Gasteiger partial charge in [-0.3, -0.25) is 0 Å². The molecule has 2 aromatic heterocycles. The summed E-state index contributed by atoms with van der Waals surface area (Å²) >= 11 is 0.